The van der Waals surface area contributed by atoms with Crippen LogP contribution in [0.3, 0.4) is 0 Å². The fourth-order valence-corrected chi connectivity index (χ4v) is 9.90. The number of nitrogens with one attached hydrogen (secondary N) is 1. The monoisotopic (exact) mass is 591 g/mol. The number of benzene rings is 2. The van der Waals surface area contributed by atoms with Crippen molar-refractivity contribution in [3.8, 4) is 11.8 Å². The third-order valence-corrected chi connectivity index (χ3v) is 12.3. The fraction of sp³-hybridized carbons (Fsp3) is 0.387. The molecule has 0 saturated carbocycles. The molecule has 1 saturated heterocycles. The van der Waals surface area contributed by atoms with E-state index in [1.54, 1.807) is 0 Å². The number of hydrogen-bond acceptors (Lipinski definition) is 8. The lowest BCUT2D eigenvalue weighted by atomic mass is 10.2. The number of esters is 1. The molecule has 0 aliphatic carbocycles. The summed E-state index contributed by atoms with van der Waals surface area (Å²) >= 11 is 0. The number of rotatable bonds is 9. The molecule has 0 amide bonds. The molecule has 1 aliphatic rings. The SMILES string of the molecule is COC(=O)CO[C@H]1C[C@H](n2cc(C#CCN)c(=O)[nH]c2=O)O[C@@H]1CO[Si](c1ccccc1)(c1ccccc1)C(C)(C)C. The van der Waals surface area contributed by atoms with Crippen LogP contribution in [-0.4, -0.2) is 62.9 Å². The van der Waals surface area contributed by atoms with Crippen molar-refractivity contribution in [1.29, 1.82) is 0 Å². The number of ether oxygens (including phenoxy) is 3. The number of nitrogens with zero attached hydrogens (tertiary/aromatic N) is 1. The van der Waals surface area contributed by atoms with Gasteiger partial charge >= 0.3 is 11.7 Å². The van der Waals surface area contributed by atoms with Crippen LogP contribution in [0.4, 0.5) is 0 Å². The summed E-state index contributed by atoms with van der Waals surface area (Å²) in [6, 6.07) is 20.4. The Morgan fingerprint density at radius 3 is 2.26 bits per heavy atom. The Morgan fingerprint density at radius 2 is 1.71 bits per heavy atom. The summed E-state index contributed by atoms with van der Waals surface area (Å²) in [5.41, 5.74) is 4.29. The summed E-state index contributed by atoms with van der Waals surface area (Å²) in [6.45, 7) is 6.42. The predicted octanol–water partition coefficient (Wildman–Crippen LogP) is 1.27. The van der Waals surface area contributed by atoms with E-state index in [9.17, 15) is 14.4 Å². The first-order chi connectivity index (χ1) is 20.1. The van der Waals surface area contributed by atoms with Crippen molar-refractivity contribution in [1.82, 2.24) is 9.55 Å². The minimum atomic E-state index is -2.91. The molecule has 222 valence electrons. The number of aromatic nitrogens is 2. The van der Waals surface area contributed by atoms with Crippen LogP contribution in [-0.2, 0) is 23.4 Å². The van der Waals surface area contributed by atoms with Crippen molar-refractivity contribution < 1.29 is 23.4 Å². The van der Waals surface area contributed by atoms with Gasteiger partial charge in [-0.3, -0.25) is 14.3 Å². The number of methoxy groups -OCH3 is 1. The van der Waals surface area contributed by atoms with Gasteiger partial charge in [-0.05, 0) is 15.4 Å². The van der Waals surface area contributed by atoms with E-state index < -0.39 is 44.0 Å². The lowest BCUT2D eigenvalue weighted by Crippen LogP contribution is -2.67. The van der Waals surface area contributed by atoms with Crippen molar-refractivity contribution >= 4 is 24.7 Å². The Morgan fingerprint density at radius 1 is 1.10 bits per heavy atom. The van der Waals surface area contributed by atoms with Gasteiger partial charge in [-0.1, -0.05) is 93.3 Å². The van der Waals surface area contributed by atoms with E-state index in [0.29, 0.717) is 0 Å². The molecule has 3 aromatic rings. The number of nitrogens with two attached hydrogens (primary N) is 1. The molecule has 11 heteroatoms. The number of carbonyl (C=O) groups excluding carboxylic acids is 1. The van der Waals surface area contributed by atoms with Crippen LogP contribution in [0.1, 0.15) is 39.0 Å². The minimum Gasteiger partial charge on any atom is -0.467 e. The average Bonchev–Trinajstić information content (AvgIpc) is 3.38. The fourth-order valence-electron chi connectivity index (χ4n) is 5.33. The largest absolute Gasteiger partial charge is 0.467 e. The lowest BCUT2D eigenvalue weighted by molar-refractivity contribution is -0.149. The van der Waals surface area contributed by atoms with Gasteiger partial charge in [-0.2, -0.15) is 0 Å². The second-order valence-corrected chi connectivity index (χ2v) is 15.3. The molecule has 2 heterocycles. The smallest absolute Gasteiger partial charge is 0.331 e. The van der Waals surface area contributed by atoms with Crippen LogP contribution >= 0.6 is 0 Å². The highest BCUT2D eigenvalue weighted by Crippen LogP contribution is 2.38. The third-order valence-electron chi connectivity index (χ3n) is 7.31. The highest BCUT2D eigenvalue weighted by molar-refractivity contribution is 6.99. The Labute approximate surface area is 245 Å². The maximum Gasteiger partial charge on any atom is 0.331 e. The normalized spacial score (nSPS) is 18.7. The van der Waals surface area contributed by atoms with E-state index in [-0.39, 0.29) is 36.8 Å². The molecule has 2 aromatic carbocycles. The van der Waals surface area contributed by atoms with E-state index in [4.69, 9.17) is 24.4 Å². The van der Waals surface area contributed by atoms with Crippen LogP contribution in [0.5, 0.6) is 0 Å². The Balaban J connectivity index is 1.71. The van der Waals surface area contributed by atoms with Gasteiger partial charge in [0.05, 0.1) is 26.4 Å². The maximum atomic E-state index is 12.8. The quantitative estimate of drug-likeness (QED) is 0.216. The average molecular weight is 592 g/mol. The molecule has 0 bridgehead atoms. The Hall–Kier alpha value is -3.79. The van der Waals surface area contributed by atoms with Crippen molar-refractivity contribution in [2.75, 3.05) is 26.9 Å². The van der Waals surface area contributed by atoms with Gasteiger partial charge in [0.2, 0.25) is 0 Å². The Kier molecular flexibility index (Phi) is 9.98. The molecule has 1 aromatic heterocycles. The van der Waals surface area contributed by atoms with Gasteiger partial charge in [0.15, 0.2) is 0 Å². The molecule has 1 aliphatic heterocycles. The number of H-pyrrole nitrogens is 1. The van der Waals surface area contributed by atoms with Gasteiger partial charge < -0.3 is 24.4 Å². The number of hydrogen-bond donors (Lipinski definition) is 2. The maximum absolute atomic E-state index is 12.8. The standard InChI is InChI=1S/C31H37N3O7Si/c1-31(2,3)42(23-13-7-5-8-14-23,24-15-9-6-10-16-24)40-20-26-25(39-21-28(35)38-4)18-27(41-26)34-19-22(12-11-17-32)29(36)33-30(34)37/h5-10,13-16,19,25-27H,17-18,20-21,32H2,1-4H3,(H,33,36,37)/t25-,26+,27+/m0/s1. The van der Waals surface area contributed by atoms with E-state index in [0.717, 1.165) is 10.4 Å². The van der Waals surface area contributed by atoms with Crippen molar-refractivity contribution in [2.45, 2.75) is 50.7 Å². The van der Waals surface area contributed by atoms with Gasteiger partial charge in [0, 0.05) is 12.6 Å². The number of aromatic amines is 1. The molecule has 42 heavy (non-hydrogen) atoms. The van der Waals surface area contributed by atoms with Gasteiger partial charge in [0.25, 0.3) is 13.9 Å². The molecule has 0 unspecified atom stereocenters. The molecule has 4 rings (SSSR count). The summed E-state index contributed by atoms with van der Waals surface area (Å²) in [7, 11) is -1.63. The molecular weight excluding hydrogens is 554 g/mol. The molecule has 3 N–H and O–H groups in total. The van der Waals surface area contributed by atoms with E-state index in [1.165, 1.54) is 17.9 Å². The zero-order chi connectivity index (χ0) is 30.3. The Bertz CT molecular complexity index is 1500. The molecule has 3 atom stereocenters. The highest BCUT2D eigenvalue weighted by atomic mass is 28.4. The second kappa shape index (κ2) is 13.5. The third kappa shape index (κ3) is 6.64. The van der Waals surface area contributed by atoms with Crippen molar-refractivity contribution in [3.05, 3.63) is 93.3 Å². The van der Waals surface area contributed by atoms with Crippen molar-refractivity contribution in [3.63, 3.8) is 0 Å². The first-order valence-corrected chi connectivity index (χ1v) is 15.6. The van der Waals surface area contributed by atoms with E-state index in [2.05, 4.69) is 61.9 Å². The molecule has 0 spiro atoms. The summed E-state index contributed by atoms with van der Waals surface area (Å²) in [6.07, 6.45) is -0.467. The second-order valence-electron chi connectivity index (χ2n) is 11.0. The summed E-state index contributed by atoms with van der Waals surface area (Å²) in [5, 5.41) is 1.93. The number of carbonyl (C=O) groups is 1. The van der Waals surface area contributed by atoms with Gasteiger partial charge in [-0.15, -0.1) is 0 Å². The minimum absolute atomic E-state index is 0.0591. The molecule has 0 radical (unpaired) electrons. The first-order valence-electron chi connectivity index (χ1n) is 13.7. The molecular formula is C31H37N3O7Si. The van der Waals surface area contributed by atoms with Crippen molar-refractivity contribution in [2.24, 2.45) is 5.73 Å². The van der Waals surface area contributed by atoms with E-state index in [1.807, 2.05) is 36.4 Å². The van der Waals surface area contributed by atoms with Crippen LogP contribution < -0.4 is 27.4 Å². The predicted molar refractivity (Wildman–Crippen MR) is 161 cm³/mol. The highest BCUT2D eigenvalue weighted by Gasteiger charge is 2.51. The molecule has 10 nitrogen and oxygen atoms in total. The lowest BCUT2D eigenvalue weighted by Gasteiger charge is -2.43. The zero-order valence-electron chi connectivity index (χ0n) is 24.3. The van der Waals surface area contributed by atoms with E-state index >= 15 is 0 Å². The summed E-state index contributed by atoms with van der Waals surface area (Å²) < 4.78 is 25.4. The van der Waals surface area contributed by atoms with Crippen LogP contribution in [0.25, 0.3) is 0 Å². The van der Waals surface area contributed by atoms with Crippen LogP contribution in [0.2, 0.25) is 5.04 Å². The molecule has 1 fully saturated rings. The summed E-state index contributed by atoms with van der Waals surface area (Å²) in [5.74, 6) is 4.78. The van der Waals surface area contributed by atoms with Gasteiger partial charge in [-0.25, -0.2) is 9.59 Å². The van der Waals surface area contributed by atoms with Crippen LogP contribution in [0, 0.1) is 11.8 Å². The van der Waals surface area contributed by atoms with Gasteiger partial charge in [0.1, 0.15) is 24.5 Å². The van der Waals surface area contributed by atoms with Crippen LogP contribution in [0.15, 0.2) is 76.4 Å². The summed E-state index contributed by atoms with van der Waals surface area (Å²) in [4.78, 5) is 39.3. The first kappa shape index (κ1) is 31.1. The zero-order valence-corrected chi connectivity index (χ0v) is 25.3. The topological polar surface area (TPSA) is 135 Å².